The van der Waals surface area contributed by atoms with Crippen LogP contribution in [-0.2, 0) is 8.85 Å². The first-order chi connectivity index (χ1) is 8.37. The standard InChI is InChI=1S/C11H15F3O3Si/c1-2-16-18(15,10-6-4-3-5-7-10)17-9-8-11(12,13)14/h3-7,15H,2,8-9H2,1H3. The lowest BCUT2D eigenvalue weighted by Crippen LogP contribution is -2.54. The lowest BCUT2D eigenvalue weighted by atomic mass is 10.4. The van der Waals surface area contributed by atoms with Crippen molar-refractivity contribution in [2.24, 2.45) is 0 Å². The summed E-state index contributed by atoms with van der Waals surface area (Å²) in [6.07, 6.45) is -5.42. The van der Waals surface area contributed by atoms with Gasteiger partial charge in [-0.05, 0) is 6.92 Å². The third-order valence-corrected chi connectivity index (χ3v) is 4.50. The Morgan fingerprint density at radius 3 is 2.28 bits per heavy atom. The predicted octanol–water partition coefficient (Wildman–Crippen LogP) is 1.83. The predicted molar refractivity (Wildman–Crippen MR) is 62.3 cm³/mol. The van der Waals surface area contributed by atoms with E-state index in [-0.39, 0.29) is 6.61 Å². The summed E-state index contributed by atoms with van der Waals surface area (Å²) in [5, 5.41) is 0.397. The Bertz CT molecular complexity index is 358. The van der Waals surface area contributed by atoms with E-state index in [1.165, 1.54) is 0 Å². The van der Waals surface area contributed by atoms with Gasteiger partial charge in [0, 0.05) is 18.4 Å². The Hall–Kier alpha value is -0.893. The van der Waals surface area contributed by atoms with Crippen LogP contribution in [0.25, 0.3) is 0 Å². The Labute approximate surface area is 105 Å². The van der Waals surface area contributed by atoms with E-state index >= 15 is 0 Å². The first-order valence-electron chi connectivity index (χ1n) is 5.50. The molecule has 1 atom stereocenters. The second-order valence-electron chi connectivity index (χ2n) is 3.59. The van der Waals surface area contributed by atoms with Crippen molar-refractivity contribution in [3.8, 4) is 0 Å². The van der Waals surface area contributed by atoms with Crippen LogP contribution < -0.4 is 5.19 Å². The van der Waals surface area contributed by atoms with E-state index in [9.17, 15) is 18.0 Å². The molecule has 0 saturated carbocycles. The van der Waals surface area contributed by atoms with Gasteiger partial charge in [-0.3, -0.25) is 0 Å². The minimum Gasteiger partial charge on any atom is -0.386 e. The molecular formula is C11H15F3O3Si. The van der Waals surface area contributed by atoms with Crippen LogP contribution in [-0.4, -0.2) is 33.0 Å². The van der Waals surface area contributed by atoms with Crippen molar-refractivity contribution in [2.45, 2.75) is 19.5 Å². The average molecular weight is 280 g/mol. The summed E-state index contributed by atoms with van der Waals surface area (Å²) in [4.78, 5) is 10.2. The highest BCUT2D eigenvalue weighted by atomic mass is 28.4. The SMILES string of the molecule is CCO[Si](O)(OCCC(F)(F)F)c1ccccc1. The lowest BCUT2D eigenvalue weighted by Gasteiger charge is -2.24. The van der Waals surface area contributed by atoms with Gasteiger partial charge < -0.3 is 13.6 Å². The van der Waals surface area contributed by atoms with Gasteiger partial charge in [0.05, 0.1) is 6.42 Å². The molecule has 1 unspecified atom stereocenters. The Morgan fingerprint density at radius 1 is 1.17 bits per heavy atom. The van der Waals surface area contributed by atoms with Crippen LogP contribution in [0.15, 0.2) is 30.3 Å². The van der Waals surface area contributed by atoms with E-state index in [4.69, 9.17) is 8.85 Å². The fourth-order valence-corrected chi connectivity index (χ4v) is 3.16. The van der Waals surface area contributed by atoms with Gasteiger partial charge >= 0.3 is 15.0 Å². The molecule has 0 spiro atoms. The van der Waals surface area contributed by atoms with Crippen molar-refractivity contribution in [1.29, 1.82) is 0 Å². The van der Waals surface area contributed by atoms with E-state index in [1.807, 2.05) is 0 Å². The molecule has 1 aromatic carbocycles. The molecule has 18 heavy (non-hydrogen) atoms. The molecule has 7 heteroatoms. The number of alkyl halides is 3. The van der Waals surface area contributed by atoms with Crippen LogP contribution in [0.3, 0.4) is 0 Å². The molecule has 102 valence electrons. The van der Waals surface area contributed by atoms with Gasteiger partial charge in [-0.15, -0.1) is 0 Å². The number of benzene rings is 1. The van der Waals surface area contributed by atoms with Gasteiger partial charge in [0.15, 0.2) is 0 Å². The van der Waals surface area contributed by atoms with Crippen LogP contribution in [0.1, 0.15) is 13.3 Å². The van der Waals surface area contributed by atoms with E-state index in [0.717, 1.165) is 0 Å². The lowest BCUT2D eigenvalue weighted by molar-refractivity contribution is -0.141. The van der Waals surface area contributed by atoms with Crippen molar-refractivity contribution < 1.29 is 26.8 Å². The fraction of sp³-hybridized carbons (Fsp3) is 0.455. The molecule has 0 fully saturated rings. The van der Waals surface area contributed by atoms with E-state index in [0.29, 0.717) is 5.19 Å². The van der Waals surface area contributed by atoms with Gasteiger partial charge in [0.1, 0.15) is 0 Å². The summed E-state index contributed by atoms with van der Waals surface area (Å²) in [7, 11) is -3.73. The Morgan fingerprint density at radius 2 is 1.78 bits per heavy atom. The average Bonchev–Trinajstić information content (AvgIpc) is 2.29. The van der Waals surface area contributed by atoms with Crippen LogP contribution in [0.2, 0.25) is 0 Å². The van der Waals surface area contributed by atoms with Crippen molar-refractivity contribution in [2.75, 3.05) is 13.2 Å². The number of hydrogen-bond acceptors (Lipinski definition) is 3. The van der Waals surface area contributed by atoms with Crippen LogP contribution in [0, 0.1) is 0 Å². The van der Waals surface area contributed by atoms with E-state index < -0.39 is 28.0 Å². The topological polar surface area (TPSA) is 38.7 Å². The first kappa shape index (κ1) is 15.2. The zero-order valence-corrected chi connectivity index (χ0v) is 10.9. The van der Waals surface area contributed by atoms with Gasteiger partial charge in [-0.1, -0.05) is 30.3 Å². The molecule has 0 aliphatic rings. The molecule has 0 amide bonds. The summed E-state index contributed by atoms with van der Waals surface area (Å²) < 4.78 is 46.2. The highest BCUT2D eigenvalue weighted by Gasteiger charge is 2.40. The second-order valence-corrected chi connectivity index (χ2v) is 5.91. The summed E-state index contributed by atoms with van der Waals surface area (Å²) in [5.74, 6) is 0. The summed E-state index contributed by atoms with van der Waals surface area (Å²) in [6, 6.07) is 8.23. The largest absolute Gasteiger partial charge is 0.534 e. The fourth-order valence-electron chi connectivity index (χ4n) is 1.36. The van der Waals surface area contributed by atoms with Gasteiger partial charge in [0.25, 0.3) is 0 Å². The maximum Gasteiger partial charge on any atom is 0.534 e. The van der Waals surface area contributed by atoms with E-state index in [2.05, 4.69) is 0 Å². The molecule has 0 aliphatic carbocycles. The molecule has 0 heterocycles. The number of halogens is 3. The molecule has 3 nitrogen and oxygen atoms in total. The molecule has 0 aromatic heterocycles. The molecule has 0 saturated heterocycles. The molecule has 1 aromatic rings. The second kappa shape index (κ2) is 6.33. The summed E-state index contributed by atoms with van der Waals surface area (Å²) in [5.41, 5.74) is 0. The molecule has 0 radical (unpaired) electrons. The normalized spacial score (nSPS) is 15.4. The van der Waals surface area contributed by atoms with Crippen molar-refractivity contribution in [1.82, 2.24) is 0 Å². The highest BCUT2D eigenvalue weighted by molar-refractivity contribution is 6.74. The maximum absolute atomic E-state index is 12.0. The summed E-state index contributed by atoms with van der Waals surface area (Å²) in [6.45, 7) is 1.21. The van der Waals surface area contributed by atoms with Crippen molar-refractivity contribution >= 4 is 14.0 Å². The number of rotatable bonds is 6. The molecule has 1 N–H and O–H groups in total. The Kier molecular flexibility index (Phi) is 5.33. The minimum absolute atomic E-state index is 0.170. The first-order valence-corrected chi connectivity index (χ1v) is 7.26. The highest BCUT2D eigenvalue weighted by Crippen LogP contribution is 2.20. The molecule has 0 aliphatic heterocycles. The minimum atomic E-state index is -4.31. The van der Waals surface area contributed by atoms with Gasteiger partial charge in [0.2, 0.25) is 0 Å². The van der Waals surface area contributed by atoms with Gasteiger partial charge in [-0.25, -0.2) is 0 Å². The smallest absolute Gasteiger partial charge is 0.386 e. The zero-order valence-electron chi connectivity index (χ0n) is 9.91. The Balaban J connectivity index is 2.69. The van der Waals surface area contributed by atoms with E-state index in [1.54, 1.807) is 37.3 Å². The molecule has 0 bridgehead atoms. The van der Waals surface area contributed by atoms with Gasteiger partial charge in [-0.2, -0.15) is 13.2 Å². The van der Waals surface area contributed by atoms with Crippen molar-refractivity contribution in [3.63, 3.8) is 0 Å². The third-order valence-electron chi connectivity index (χ3n) is 2.16. The monoisotopic (exact) mass is 280 g/mol. The van der Waals surface area contributed by atoms with Crippen LogP contribution >= 0.6 is 0 Å². The van der Waals surface area contributed by atoms with Crippen molar-refractivity contribution in [3.05, 3.63) is 30.3 Å². The molecular weight excluding hydrogens is 265 g/mol. The zero-order chi connectivity index (χ0) is 13.6. The summed E-state index contributed by atoms with van der Waals surface area (Å²) >= 11 is 0. The quantitative estimate of drug-likeness (QED) is 0.808. The molecule has 1 rings (SSSR count). The van der Waals surface area contributed by atoms with Crippen LogP contribution in [0.5, 0.6) is 0 Å². The maximum atomic E-state index is 12.0. The third kappa shape index (κ3) is 4.77. The number of hydrogen-bond donors (Lipinski definition) is 1. The van der Waals surface area contributed by atoms with Crippen LogP contribution in [0.4, 0.5) is 13.2 Å².